The normalized spacial score (nSPS) is 11.4. The number of halogens is 3. The molecule has 0 radical (unpaired) electrons. The average Bonchev–Trinajstić information content (AvgIpc) is 2.45. The van der Waals surface area contributed by atoms with Crippen LogP contribution in [0.15, 0.2) is 47.6 Å². The summed E-state index contributed by atoms with van der Waals surface area (Å²) in [6.07, 6.45) is -3.62. The molecule has 0 bridgehead atoms. The lowest BCUT2D eigenvalue weighted by atomic mass is 10.1. The molecule has 0 aliphatic rings. The molecule has 110 valence electrons. The van der Waals surface area contributed by atoms with Crippen LogP contribution in [0.2, 0.25) is 0 Å². The first kappa shape index (κ1) is 15.6. The van der Waals surface area contributed by atoms with E-state index in [1.165, 1.54) is 6.07 Å². The maximum atomic E-state index is 12.4. The number of carbonyl (C=O) groups excluding carboxylic acids is 1. The molecule has 0 aliphatic heterocycles. The van der Waals surface area contributed by atoms with Gasteiger partial charge in [0.25, 0.3) is 0 Å². The van der Waals surface area contributed by atoms with E-state index in [1.54, 1.807) is 12.1 Å². The van der Waals surface area contributed by atoms with Crippen LogP contribution in [0, 0.1) is 6.92 Å². The number of nitrogens with zero attached hydrogens (tertiary/aromatic N) is 1. The third-order valence-electron chi connectivity index (χ3n) is 2.86. The van der Waals surface area contributed by atoms with Crippen LogP contribution in [-0.4, -0.2) is 16.5 Å². The van der Waals surface area contributed by atoms with Crippen molar-refractivity contribution in [1.29, 1.82) is 0 Å². The van der Waals surface area contributed by atoms with E-state index in [9.17, 15) is 18.0 Å². The first-order valence-electron chi connectivity index (χ1n) is 6.13. The lowest BCUT2D eigenvalue weighted by Crippen LogP contribution is -2.06. The molecule has 21 heavy (non-hydrogen) atoms. The molecule has 6 heteroatoms. The van der Waals surface area contributed by atoms with Crippen molar-refractivity contribution in [2.45, 2.75) is 18.1 Å². The Bertz CT molecular complexity index is 638. The Morgan fingerprint density at radius 1 is 1.19 bits per heavy atom. The summed E-state index contributed by atoms with van der Waals surface area (Å²) in [5.74, 6) is 0.0724. The maximum Gasteiger partial charge on any atom is 0.417 e. The van der Waals surface area contributed by atoms with Gasteiger partial charge in [-0.1, -0.05) is 36.0 Å². The molecule has 0 saturated heterocycles. The minimum Gasteiger partial charge on any atom is -0.293 e. The lowest BCUT2D eigenvalue weighted by molar-refractivity contribution is -0.137. The zero-order valence-electron chi connectivity index (χ0n) is 11.1. The molecule has 0 N–H and O–H groups in total. The molecule has 0 fully saturated rings. The Balaban J connectivity index is 2.00. The fourth-order valence-corrected chi connectivity index (χ4v) is 2.46. The number of rotatable bonds is 4. The molecule has 0 amide bonds. The van der Waals surface area contributed by atoms with Gasteiger partial charge in [-0.15, -0.1) is 0 Å². The number of aromatic nitrogens is 1. The largest absolute Gasteiger partial charge is 0.417 e. The number of Topliss-reactive ketones (excluding diaryl/α,β-unsaturated/α-hetero) is 1. The van der Waals surface area contributed by atoms with Crippen molar-refractivity contribution >= 4 is 17.5 Å². The molecule has 1 aromatic carbocycles. The van der Waals surface area contributed by atoms with E-state index in [2.05, 4.69) is 4.98 Å². The number of carbonyl (C=O) groups is 1. The van der Waals surface area contributed by atoms with Crippen LogP contribution in [0.25, 0.3) is 0 Å². The van der Waals surface area contributed by atoms with Crippen LogP contribution in [0.5, 0.6) is 0 Å². The quantitative estimate of drug-likeness (QED) is 0.620. The number of hydrogen-bond donors (Lipinski definition) is 0. The Kier molecular flexibility index (Phi) is 4.67. The number of hydrogen-bond acceptors (Lipinski definition) is 3. The fraction of sp³-hybridized carbons (Fsp3) is 0.200. The highest BCUT2D eigenvalue weighted by Gasteiger charge is 2.30. The number of pyridine rings is 1. The molecule has 2 nitrogen and oxygen atoms in total. The van der Waals surface area contributed by atoms with E-state index in [0.717, 1.165) is 29.6 Å². The van der Waals surface area contributed by atoms with Crippen molar-refractivity contribution in [1.82, 2.24) is 4.98 Å². The van der Waals surface area contributed by atoms with Crippen molar-refractivity contribution < 1.29 is 18.0 Å². The first-order chi connectivity index (χ1) is 9.88. The highest BCUT2D eigenvalue weighted by molar-refractivity contribution is 7.99. The topological polar surface area (TPSA) is 30.0 Å². The van der Waals surface area contributed by atoms with Gasteiger partial charge in [0, 0.05) is 11.8 Å². The summed E-state index contributed by atoms with van der Waals surface area (Å²) in [6.45, 7) is 1.84. The van der Waals surface area contributed by atoms with Gasteiger partial charge < -0.3 is 0 Å². The molecule has 0 spiro atoms. The first-order valence-corrected chi connectivity index (χ1v) is 7.11. The minimum atomic E-state index is -4.40. The van der Waals surface area contributed by atoms with E-state index in [0.29, 0.717) is 10.6 Å². The van der Waals surface area contributed by atoms with Crippen molar-refractivity contribution in [3.63, 3.8) is 0 Å². The predicted molar refractivity (Wildman–Crippen MR) is 75.5 cm³/mol. The molecular formula is C15H12F3NOS. The van der Waals surface area contributed by atoms with Crippen molar-refractivity contribution in [3.8, 4) is 0 Å². The number of alkyl halides is 3. The molecule has 2 rings (SSSR count). The molecule has 1 heterocycles. The molecule has 1 aromatic heterocycles. The lowest BCUT2D eigenvalue weighted by Gasteiger charge is -2.07. The SMILES string of the molecule is Cc1ccccc1C(=O)CSc1ccc(C(F)(F)F)cn1. The van der Waals surface area contributed by atoms with E-state index in [-0.39, 0.29) is 11.5 Å². The van der Waals surface area contributed by atoms with Gasteiger partial charge in [0.05, 0.1) is 16.3 Å². The highest BCUT2D eigenvalue weighted by Crippen LogP contribution is 2.29. The molecule has 0 saturated carbocycles. The average molecular weight is 311 g/mol. The molecular weight excluding hydrogens is 299 g/mol. The Labute approximate surface area is 124 Å². The summed E-state index contributed by atoms with van der Waals surface area (Å²) in [4.78, 5) is 15.8. The van der Waals surface area contributed by atoms with E-state index in [4.69, 9.17) is 0 Å². The molecule has 0 aliphatic carbocycles. The Morgan fingerprint density at radius 2 is 1.90 bits per heavy atom. The Hall–Kier alpha value is -1.82. The van der Waals surface area contributed by atoms with Gasteiger partial charge >= 0.3 is 6.18 Å². The van der Waals surface area contributed by atoms with Gasteiger partial charge in [0.15, 0.2) is 5.78 Å². The van der Waals surface area contributed by atoms with E-state index < -0.39 is 11.7 Å². The molecule has 2 aromatic rings. The Morgan fingerprint density at radius 3 is 2.48 bits per heavy atom. The van der Waals surface area contributed by atoms with Crippen LogP contribution >= 0.6 is 11.8 Å². The summed E-state index contributed by atoms with van der Waals surface area (Å²) in [5, 5.41) is 0.393. The van der Waals surface area contributed by atoms with Crippen molar-refractivity contribution in [2.75, 3.05) is 5.75 Å². The second-order valence-corrected chi connectivity index (χ2v) is 5.41. The predicted octanol–water partition coefficient (Wildman–Crippen LogP) is 4.38. The van der Waals surface area contributed by atoms with E-state index >= 15 is 0 Å². The summed E-state index contributed by atoms with van der Waals surface area (Å²) in [5.41, 5.74) is 0.706. The number of ketones is 1. The van der Waals surface area contributed by atoms with Crippen LogP contribution in [0.4, 0.5) is 13.2 Å². The number of thioether (sulfide) groups is 1. The van der Waals surface area contributed by atoms with Gasteiger partial charge in [-0.25, -0.2) is 4.98 Å². The van der Waals surface area contributed by atoms with Crippen molar-refractivity contribution in [2.24, 2.45) is 0 Å². The monoisotopic (exact) mass is 311 g/mol. The summed E-state index contributed by atoms with van der Waals surface area (Å²) >= 11 is 1.12. The maximum absolute atomic E-state index is 12.4. The third kappa shape index (κ3) is 4.07. The minimum absolute atomic E-state index is 0.0696. The fourth-order valence-electron chi connectivity index (χ4n) is 1.74. The van der Waals surface area contributed by atoms with Crippen LogP contribution < -0.4 is 0 Å². The summed E-state index contributed by atoms with van der Waals surface area (Å²) in [6, 6.07) is 9.44. The summed E-state index contributed by atoms with van der Waals surface area (Å²) in [7, 11) is 0. The highest BCUT2D eigenvalue weighted by atomic mass is 32.2. The zero-order valence-corrected chi connectivity index (χ0v) is 12.0. The smallest absolute Gasteiger partial charge is 0.293 e. The van der Waals surface area contributed by atoms with Crippen LogP contribution in [-0.2, 0) is 6.18 Å². The molecule has 0 atom stereocenters. The second-order valence-electron chi connectivity index (χ2n) is 4.41. The second kappa shape index (κ2) is 6.30. The van der Waals surface area contributed by atoms with E-state index in [1.807, 2.05) is 19.1 Å². The number of aryl methyl sites for hydroxylation is 1. The zero-order chi connectivity index (χ0) is 15.5. The molecule has 0 unspecified atom stereocenters. The summed E-state index contributed by atoms with van der Waals surface area (Å²) < 4.78 is 37.2. The van der Waals surface area contributed by atoms with Gasteiger partial charge in [-0.2, -0.15) is 13.2 Å². The van der Waals surface area contributed by atoms with Crippen LogP contribution in [0.3, 0.4) is 0 Å². The van der Waals surface area contributed by atoms with Gasteiger partial charge in [0.2, 0.25) is 0 Å². The number of benzene rings is 1. The van der Waals surface area contributed by atoms with Gasteiger partial charge in [-0.05, 0) is 24.6 Å². The van der Waals surface area contributed by atoms with Gasteiger partial charge in [-0.3, -0.25) is 4.79 Å². The van der Waals surface area contributed by atoms with Crippen LogP contribution in [0.1, 0.15) is 21.5 Å². The standard InChI is InChI=1S/C15H12F3NOS/c1-10-4-2-3-5-12(10)13(20)9-21-14-7-6-11(8-19-14)15(16,17)18/h2-8H,9H2,1H3. The van der Waals surface area contributed by atoms with Gasteiger partial charge in [0.1, 0.15) is 0 Å². The van der Waals surface area contributed by atoms with Crippen molar-refractivity contribution in [3.05, 3.63) is 59.3 Å². The third-order valence-corrected chi connectivity index (χ3v) is 3.80.